The Morgan fingerprint density at radius 3 is 3.12 bits per heavy atom. The second-order valence-corrected chi connectivity index (χ2v) is 5.31. The largest absolute Gasteiger partial charge is 0.496 e. The quantitative estimate of drug-likeness (QED) is 0.862. The molecule has 0 bridgehead atoms. The zero-order chi connectivity index (χ0) is 12.3. The molecule has 1 amide bonds. The second-order valence-electron chi connectivity index (χ2n) is 4.40. The molecule has 1 aromatic rings. The average molecular weight is 254 g/mol. The van der Waals surface area contributed by atoms with Crippen molar-refractivity contribution in [2.75, 3.05) is 13.7 Å². The molecule has 0 saturated carbocycles. The number of carbonyl (C=O) groups is 1. The Bertz CT molecular complexity index is 392. The number of piperidine rings is 1. The third-order valence-corrected chi connectivity index (χ3v) is 3.90. The Balaban J connectivity index is 1.92. The second kappa shape index (κ2) is 5.51. The van der Waals surface area contributed by atoms with Gasteiger partial charge < -0.3 is 15.4 Å². The van der Waals surface area contributed by atoms with Gasteiger partial charge in [-0.3, -0.25) is 4.79 Å². The first kappa shape index (κ1) is 12.4. The fourth-order valence-corrected chi connectivity index (χ4v) is 2.82. The lowest BCUT2D eigenvalue weighted by Crippen LogP contribution is -2.46. The standard InChI is InChI=1S/C12H18N2O2S/c1-8-5-9(3-4-13-8)14-12(15)11-6-10(16-2)7-17-11/h6-9,13H,3-5H2,1-2H3,(H,14,15). The highest BCUT2D eigenvalue weighted by atomic mass is 32.1. The first-order valence-electron chi connectivity index (χ1n) is 5.86. The van der Waals surface area contributed by atoms with Crippen LogP contribution in [0.3, 0.4) is 0 Å². The highest BCUT2D eigenvalue weighted by Crippen LogP contribution is 2.21. The summed E-state index contributed by atoms with van der Waals surface area (Å²) in [4.78, 5) is 12.7. The van der Waals surface area contributed by atoms with Gasteiger partial charge in [-0.05, 0) is 26.3 Å². The normalized spacial score (nSPS) is 24.4. The van der Waals surface area contributed by atoms with Crippen molar-refractivity contribution in [3.8, 4) is 5.75 Å². The van der Waals surface area contributed by atoms with E-state index in [4.69, 9.17) is 4.74 Å². The van der Waals surface area contributed by atoms with Crippen LogP contribution >= 0.6 is 11.3 Å². The van der Waals surface area contributed by atoms with Gasteiger partial charge in [0, 0.05) is 23.5 Å². The Morgan fingerprint density at radius 1 is 1.65 bits per heavy atom. The Labute approximate surface area is 105 Å². The molecule has 2 atom stereocenters. The van der Waals surface area contributed by atoms with Crippen molar-refractivity contribution in [1.82, 2.24) is 10.6 Å². The minimum Gasteiger partial charge on any atom is -0.496 e. The van der Waals surface area contributed by atoms with Gasteiger partial charge in [-0.1, -0.05) is 0 Å². The van der Waals surface area contributed by atoms with E-state index in [9.17, 15) is 4.79 Å². The number of carbonyl (C=O) groups excluding carboxylic acids is 1. The van der Waals surface area contributed by atoms with Crippen LogP contribution in [0.1, 0.15) is 29.4 Å². The SMILES string of the molecule is COc1csc(C(=O)NC2CCNC(C)C2)c1. The summed E-state index contributed by atoms with van der Waals surface area (Å²) in [7, 11) is 1.61. The van der Waals surface area contributed by atoms with E-state index in [0.29, 0.717) is 10.9 Å². The zero-order valence-electron chi connectivity index (χ0n) is 10.2. The van der Waals surface area contributed by atoms with Crippen LogP contribution in [0.25, 0.3) is 0 Å². The Morgan fingerprint density at radius 2 is 2.47 bits per heavy atom. The van der Waals surface area contributed by atoms with Crippen LogP contribution in [-0.2, 0) is 0 Å². The minimum absolute atomic E-state index is 0.0115. The van der Waals surface area contributed by atoms with Gasteiger partial charge in [0.25, 0.3) is 5.91 Å². The van der Waals surface area contributed by atoms with Crippen LogP contribution in [0.2, 0.25) is 0 Å². The van der Waals surface area contributed by atoms with E-state index in [1.54, 1.807) is 13.2 Å². The van der Waals surface area contributed by atoms with Gasteiger partial charge in [-0.25, -0.2) is 0 Å². The molecule has 4 nitrogen and oxygen atoms in total. The van der Waals surface area contributed by atoms with Gasteiger partial charge in [0.1, 0.15) is 5.75 Å². The summed E-state index contributed by atoms with van der Waals surface area (Å²) in [5, 5.41) is 8.30. The molecule has 17 heavy (non-hydrogen) atoms. The van der Waals surface area contributed by atoms with Gasteiger partial charge in [0.2, 0.25) is 0 Å². The van der Waals surface area contributed by atoms with Crippen LogP contribution in [0.15, 0.2) is 11.4 Å². The van der Waals surface area contributed by atoms with Gasteiger partial charge in [-0.2, -0.15) is 0 Å². The van der Waals surface area contributed by atoms with Crippen LogP contribution in [-0.4, -0.2) is 31.6 Å². The van der Waals surface area contributed by atoms with E-state index in [-0.39, 0.29) is 11.9 Å². The van der Waals surface area contributed by atoms with Crippen LogP contribution in [0, 0.1) is 0 Å². The number of thiophene rings is 1. The third kappa shape index (κ3) is 3.20. The van der Waals surface area contributed by atoms with E-state index in [1.807, 2.05) is 5.38 Å². The number of ether oxygens (including phenoxy) is 1. The first-order chi connectivity index (χ1) is 8.19. The maximum absolute atomic E-state index is 12.0. The maximum Gasteiger partial charge on any atom is 0.261 e. The third-order valence-electron chi connectivity index (χ3n) is 2.99. The summed E-state index contributed by atoms with van der Waals surface area (Å²) in [6, 6.07) is 2.54. The number of amides is 1. The molecule has 2 rings (SSSR count). The molecule has 1 aliphatic heterocycles. The van der Waals surface area contributed by atoms with Crippen LogP contribution < -0.4 is 15.4 Å². The summed E-state index contributed by atoms with van der Waals surface area (Å²) in [5.41, 5.74) is 0. The molecule has 1 saturated heterocycles. The van der Waals surface area contributed by atoms with E-state index < -0.39 is 0 Å². The molecule has 0 radical (unpaired) electrons. The van der Waals surface area contributed by atoms with Gasteiger partial charge in [-0.15, -0.1) is 11.3 Å². The summed E-state index contributed by atoms with van der Waals surface area (Å²) in [5.74, 6) is 0.760. The van der Waals surface area contributed by atoms with Crippen LogP contribution in [0.4, 0.5) is 0 Å². The van der Waals surface area contributed by atoms with Crippen molar-refractivity contribution in [1.29, 1.82) is 0 Å². The van der Waals surface area contributed by atoms with Gasteiger partial charge in [0.05, 0.1) is 12.0 Å². The van der Waals surface area contributed by atoms with Gasteiger partial charge in [0.15, 0.2) is 0 Å². The Hall–Kier alpha value is -1.07. The number of hydrogen-bond donors (Lipinski definition) is 2. The fraction of sp³-hybridized carbons (Fsp3) is 0.583. The molecule has 94 valence electrons. The predicted molar refractivity (Wildman–Crippen MR) is 68.8 cm³/mol. The smallest absolute Gasteiger partial charge is 0.261 e. The number of rotatable bonds is 3. The van der Waals surface area contributed by atoms with Crippen LogP contribution in [0.5, 0.6) is 5.75 Å². The molecule has 0 aromatic carbocycles. The molecule has 1 fully saturated rings. The monoisotopic (exact) mass is 254 g/mol. The molecule has 0 spiro atoms. The predicted octanol–water partition coefficient (Wildman–Crippen LogP) is 1.63. The number of methoxy groups -OCH3 is 1. The van der Waals surface area contributed by atoms with E-state index in [1.165, 1.54) is 11.3 Å². The molecule has 2 N–H and O–H groups in total. The van der Waals surface area contributed by atoms with Gasteiger partial charge >= 0.3 is 0 Å². The van der Waals surface area contributed by atoms with Crippen molar-refractivity contribution in [2.24, 2.45) is 0 Å². The lowest BCUT2D eigenvalue weighted by molar-refractivity contribution is 0.0929. The van der Waals surface area contributed by atoms with E-state index in [2.05, 4.69) is 17.6 Å². The van der Waals surface area contributed by atoms with Crippen molar-refractivity contribution in [3.63, 3.8) is 0 Å². The van der Waals surface area contributed by atoms with Crippen molar-refractivity contribution in [2.45, 2.75) is 31.8 Å². The molecular formula is C12H18N2O2S. The molecule has 0 aliphatic carbocycles. The number of hydrogen-bond acceptors (Lipinski definition) is 4. The van der Waals surface area contributed by atoms with E-state index >= 15 is 0 Å². The molecule has 1 aromatic heterocycles. The summed E-state index contributed by atoms with van der Waals surface area (Å²) in [6.07, 6.45) is 1.99. The summed E-state index contributed by atoms with van der Waals surface area (Å²) >= 11 is 1.42. The van der Waals surface area contributed by atoms with E-state index in [0.717, 1.165) is 25.1 Å². The lowest BCUT2D eigenvalue weighted by atomic mass is 10.0. The van der Waals surface area contributed by atoms with Crippen molar-refractivity contribution < 1.29 is 9.53 Å². The lowest BCUT2D eigenvalue weighted by Gasteiger charge is -2.28. The zero-order valence-corrected chi connectivity index (χ0v) is 11.0. The minimum atomic E-state index is 0.0115. The van der Waals surface area contributed by atoms with Crippen molar-refractivity contribution >= 4 is 17.2 Å². The summed E-state index contributed by atoms with van der Waals surface area (Å²) < 4.78 is 5.07. The fourth-order valence-electron chi connectivity index (χ4n) is 2.06. The molecule has 2 heterocycles. The molecular weight excluding hydrogens is 236 g/mol. The maximum atomic E-state index is 12.0. The highest BCUT2D eigenvalue weighted by molar-refractivity contribution is 7.12. The Kier molecular flexibility index (Phi) is 4.02. The number of nitrogens with one attached hydrogen (secondary N) is 2. The first-order valence-corrected chi connectivity index (χ1v) is 6.74. The average Bonchev–Trinajstić information content (AvgIpc) is 2.77. The molecule has 1 aliphatic rings. The van der Waals surface area contributed by atoms with Crippen molar-refractivity contribution in [3.05, 3.63) is 16.3 Å². The summed E-state index contributed by atoms with van der Waals surface area (Å²) in [6.45, 7) is 3.12. The molecule has 5 heteroatoms. The topological polar surface area (TPSA) is 50.4 Å². The molecule has 2 unspecified atom stereocenters. The highest BCUT2D eigenvalue weighted by Gasteiger charge is 2.21.